The van der Waals surface area contributed by atoms with Gasteiger partial charge in [0.15, 0.2) is 0 Å². The molecule has 4 heteroatoms. The number of fused-ring (bicyclic) bond motifs is 1. The molecule has 2 atom stereocenters. The molecule has 2 unspecified atom stereocenters. The zero-order valence-electron chi connectivity index (χ0n) is 9.84. The summed E-state index contributed by atoms with van der Waals surface area (Å²) in [6.45, 7) is 5.05. The van der Waals surface area contributed by atoms with E-state index in [4.69, 9.17) is 4.74 Å². The lowest BCUT2D eigenvalue weighted by Gasteiger charge is -2.36. The van der Waals surface area contributed by atoms with E-state index in [1.54, 1.807) is 0 Å². The molecule has 1 N–H and O–H groups in total. The van der Waals surface area contributed by atoms with Gasteiger partial charge in [0.2, 0.25) is 0 Å². The number of morpholine rings is 1. The molecule has 3 nitrogen and oxygen atoms in total. The van der Waals surface area contributed by atoms with Gasteiger partial charge in [0.25, 0.3) is 0 Å². The molecule has 0 aliphatic carbocycles. The van der Waals surface area contributed by atoms with Crippen molar-refractivity contribution in [2.75, 3.05) is 26.2 Å². The highest BCUT2D eigenvalue weighted by Gasteiger charge is 2.35. The Morgan fingerprint density at radius 1 is 1.24 bits per heavy atom. The Bertz CT molecular complexity index is 347. The predicted octanol–water partition coefficient (Wildman–Crippen LogP) is 1.28. The van der Waals surface area contributed by atoms with E-state index in [9.17, 15) is 0 Å². The number of hydrogen-bond acceptors (Lipinski definition) is 3. The fourth-order valence-corrected chi connectivity index (χ4v) is 2.68. The topological polar surface area (TPSA) is 24.5 Å². The molecule has 2 fully saturated rings. The zero-order chi connectivity index (χ0) is 10.8. The molecule has 1 aromatic rings. The van der Waals surface area contributed by atoms with Crippen molar-refractivity contribution < 1.29 is 4.74 Å². The molecule has 2 saturated heterocycles. The second kappa shape index (κ2) is 5.83. The first-order valence-electron chi connectivity index (χ1n) is 6.04. The average molecular weight is 255 g/mol. The van der Waals surface area contributed by atoms with Crippen LogP contribution in [0.5, 0.6) is 0 Å². The van der Waals surface area contributed by atoms with E-state index < -0.39 is 0 Å². The Kier molecular flexibility index (Phi) is 4.40. The van der Waals surface area contributed by atoms with E-state index in [2.05, 4.69) is 40.5 Å². The molecule has 17 heavy (non-hydrogen) atoms. The van der Waals surface area contributed by atoms with Crippen molar-refractivity contribution in [3.05, 3.63) is 35.9 Å². The maximum Gasteiger partial charge on any atom is 0.0867 e. The fraction of sp³-hybridized carbons (Fsp3) is 0.538. The van der Waals surface area contributed by atoms with Gasteiger partial charge in [-0.15, -0.1) is 12.4 Å². The van der Waals surface area contributed by atoms with Gasteiger partial charge >= 0.3 is 0 Å². The Hall–Kier alpha value is -0.610. The van der Waals surface area contributed by atoms with Crippen molar-refractivity contribution >= 4 is 12.4 Å². The molecule has 2 aliphatic heterocycles. The van der Waals surface area contributed by atoms with Gasteiger partial charge in [-0.25, -0.2) is 0 Å². The lowest BCUT2D eigenvalue weighted by atomic mass is 10.1. The smallest absolute Gasteiger partial charge is 0.0867 e. The molecular weight excluding hydrogens is 236 g/mol. The Balaban J connectivity index is 0.00000108. The first kappa shape index (κ1) is 12.8. The highest BCUT2D eigenvalue weighted by molar-refractivity contribution is 5.85. The summed E-state index contributed by atoms with van der Waals surface area (Å²) < 4.78 is 5.77. The SMILES string of the molecule is Cl.c1ccc(CN2CCOC3CNCC32)cc1. The Labute approximate surface area is 109 Å². The molecular formula is C13H19ClN2O. The van der Waals surface area contributed by atoms with Gasteiger partial charge in [-0.2, -0.15) is 0 Å². The number of hydrogen-bond donors (Lipinski definition) is 1. The second-order valence-corrected chi connectivity index (χ2v) is 4.59. The van der Waals surface area contributed by atoms with Crippen LogP contribution in [0.1, 0.15) is 5.56 Å². The molecule has 0 aromatic heterocycles. The summed E-state index contributed by atoms with van der Waals surface area (Å²) in [5, 5.41) is 3.41. The van der Waals surface area contributed by atoms with Crippen molar-refractivity contribution in [1.82, 2.24) is 10.2 Å². The van der Waals surface area contributed by atoms with Crippen LogP contribution in [-0.4, -0.2) is 43.3 Å². The van der Waals surface area contributed by atoms with Crippen molar-refractivity contribution in [3.8, 4) is 0 Å². The molecule has 2 heterocycles. The van der Waals surface area contributed by atoms with Crippen molar-refractivity contribution in [2.24, 2.45) is 0 Å². The van der Waals surface area contributed by atoms with Crippen LogP contribution in [-0.2, 0) is 11.3 Å². The van der Waals surface area contributed by atoms with Crippen LogP contribution in [0.25, 0.3) is 0 Å². The van der Waals surface area contributed by atoms with E-state index in [1.165, 1.54) is 5.56 Å². The highest BCUT2D eigenvalue weighted by Crippen LogP contribution is 2.19. The van der Waals surface area contributed by atoms with E-state index in [1.807, 2.05) is 0 Å². The zero-order valence-corrected chi connectivity index (χ0v) is 10.7. The van der Waals surface area contributed by atoms with E-state index in [0.29, 0.717) is 12.1 Å². The Morgan fingerprint density at radius 3 is 2.88 bits per heavy atom. The van der Waals surface area contributed by atoms with Gasteiger partial charge in [0.1, 0.15) is 0 Å². The number of ether oxygens (including phenoxy) is 1. The molecule has 2 aliphatic rings. The fourth-order valence-electron chi connectivity index (χ4n) is 2.68. The Morgan fingerprint density at radius 2 is 2.06 bits per heavy atom. The summed E-state index contributed by atoms with van der Waals surface area (Å²) in [5.74, 6) is 0. The van der Waals surface area contributed by atoms with E-state index in [-0.39, 0.29) is 12.4 Å². The normalized spacial score (nSPS) is 28.5. The van der Waals surface area contributed by atoms with Gasteiger partial charge in [-0.05, 0) is 5.56 Å². The van der Waals surface area contributed by atoms with Crippen LogP contribution in [0, 0.1) is 0 Å². The van der Waals surface area contributed by atoms with Gasteiger partial charge in [-0.1, -0.05) is 30.3 Å². The first-order valence-corrected chi connectivity index (χ1v) is 6.04. The summed E-state index contributed by atoms with van der Waals surface area (Å²) >= 11 is 0. The number of nitrogens with one attached hydrogen (secondary N) is 1. The third kappa shape index (κ3) is 2.80. The number of rotatable bonds is 2. The molecule has 3 rings (SSSR count). The van der Waals surface area contributed by atoms with Gasteiger partial charge in [0, 0.05) is 32.2 Å². The molecule has 0 bridgehead atoms. The molecule has 0 spiro atoms. The summed E-state index contributed by atoms with van der Waals surface area (Å²) in [4.78, 5) is 2.55. The minimum absolute atomic E-state index is 0. The number of benzene rings is 1. The van der Waals surface area contributed by atoms with Gasteiger partial charge < -0.3 is 10.1 Å². The third-order valence-corrected chi connectivity index (χ3v) is 3.54. The van der Waals surface area contributed by atoms with Crippen molar-refractivity contribution in [2.45, 2.75) is 18.7 Å². The minimum atomic E-state index is 0. The quantitative estimate of drug-likeness (QED) is 0.861. The van der Waals surface area contributed by atoms with Crippen LogP contribution in [0.4, 0.5) is 0 Å². The molecule has 1 aromatic carbocycles. The van der Waals surface area contributed by atoms with Crippen LogP contribution in [0.3, 0.4) is 0 Å². The number of halogens is 1. The molecule has 0 saturated carbocycles. The standard InChI is InChI=1S/C13H18N2O.ClH/c1-2-4-11(5-3-1)10-15-6-7-16-13-9-14-8-12(13)15;/h1-5,12-14H,6-10H2;1H. The van der Waals surface area contributed by atoms with Crippen LogP contribution in [0.15, 0.2) is 30.3 Å². The molecule has 0 amide bonds. The maximum absolute atomic E-state index is 5.77. The van der Waals surface area contributed by atoms with Crippen LogP contribution in [0.2, 0.25) is 0 Å². The summed E-state index contributed by atoms with van der Waals surface area (Å²) in [7, 11) is 0. The maximum atomic E-state index is 5.77. The second-order valence-electron chi connectivity index (χ2n) is 4.59. The highest BCUT2D eigenvalue weighted by atomic mass is 35.5. The van der Waals surface area contributed by atoms with E-state index in [0.717, 1.165) is 32.8 Å². The van der Waals surface area contributed by atoms with Crippen molar-refractivity contribution in [1.29, 1.82) is 0 Å². The largest absolute Gasteiger partial charge is 0.374 e. The van der Waals surface area contributed by atoms with Crippen LogP contribution < -0.4 is 5.32 Å². The monoisotopic (exact) mass is 254 g/mol. The summed E-state index contributed by atoms with van der Waals surface area (Å²) in [6, 6.07) is 11.3. The number of nitrogens with zero attached hydrogens (tertiary/aromatic N) is 1. The van der Waals surface area contributed by atoms with Gasteiger partial charge in [-0.3, -0.25) is 4.90 Å². The first-order chi connectivity index (χ1) is 7.93. The lowest BCUT2D eigenvalue weighted by Crippen LogP contribution is -2.50. The summed E-state index contributed by atoms with van der Waals surface area (Å²) in [5.41, 5.74) is 1.40. The van der Waals surface area contributed by atoms with Crippen LogP contribution >= 0.6 is 12.4 Å². The molecule has 0 radical (unpaired) electrons. The third-order valence-electron chi connectivity index (χ3n) is 3.54. The predicted molar refractivity (Wildman–Crippen MR) is 70.5 cm³/mol. The summed E-state index contributed by atoms with van der Waals surface area (Å²) in [6.07, 6.45) is 0.400. The van der Waals surface area contributed by atoms with Gasteiger partial charge in [0.05, 0.1) is 12.7 Å². The van der Waals surface area contributed by atoms with Crippen molar-refractivity contribution in [3.63, 3.8) is 0 Å². The average Bonchev–Trinajstić information content (AvgIpc) is 2.80. The van der Waals surface area contributed by atoms with E-state index >= 15 is 0 Å². The molecule has 94 valence electrons. The minimum Gasteiger partial charge on any atom is -0.374 e. The lowest BCUT2D eigenvalue weighted by molar-refractivity contribution is -0.0500.